The van der Waals surface area contributed by atoms with Gasteiger partial charge in [-0.2, -0.15) is 5.10 Å². The maximum atomic E-state index is 13.7. The summed E-state index contributed by atoms with van der Waals surface area (Å²) in [6.07, 6.45) is -2.89. The molecule has 0 aliphatic carbocycles. The van der Waals surface area contributed by atoms with Crippen molar-refractivity contribution in [1.29, 1.82) is 0 Å². The number of hydrogen-bond acceptors (Lipinski definition) is 17. The Hall–Kier alpha value is -2.43. The number of H-pyrrole nitrogens is 1. The summed E-state index contributed by atoms with van der Waals surface area (Å²) in [6, 6.07) is 0. The van der Waals surface area contributed by atoms with Gasteiger partial charge < -0.3 is 34.5 Å². The standard InChI is InChI=1S/C21H23N9O11P2S2/c22-16-11-17(24-5-23-16)30(7-26-11)20-14-15-21(39-20,3-35-14)4-37-43(34,45)40-13-12(31)9(2-36-42(33,44)41-15)38-19(13)29-6-25-10-8(29)1-27-28-18(10)32/h1,5-7,9,12-15,19-20,31H,2-4H2,(H,28,32)(H,33,44)(H,34,45)(H2,22,23,24)/t9-,12-,13-,14-,15+,19-,20-,21+,42?,43?/m1/s1. The molecule has 24 heteroatoms. The lowest BCUT2D eigenvalue weighted by atomic mass is 10.0. The first-order valence-electron chi connectivity index (χ1n) is 13.2. The first kappa shape index (κ1) is 29.9. The van der Waals surface area contributed by atoms with Crippen LogP contribution >= 0.6 is 25.8 Å². The molecular weight excluding hydrogens is 680 g/mol. The van der Waals surface area contributed by atoms with Gasteiger partial charge in [0.05, 0.1) is 44.2 Å². The van der Waals surface area contributed by atoms with Crippen molar-refractivity contribution in [3.63, 3.8) is 0 Å². The minimum absolute atomic E-state index is 0.0363. The Morgan fingerprint density at radius 1 is 1.09 bits per heavy atom. The van der Waals surface area contributed by atoms with Crippen molar-refractivity contribution in [2.24, 2.45) is 0 Å². The summed E-state index contributed by atoms with van der Waals surface area (Å²) in [4.78, 5) is 39.9. The van der Waals surface area contributed by atoms with Crippen LogP contribution in [-0.4, -0.2) is 105 Å². The summed E-state index contributed by atoms with van der Waals surface area (Å²) in [7, 11) is 0. The normalized spacial score (nSPS) is 40.3. The molecule has 4 fully saturated rings. The Morgan fingerprint density at radius 3 is 2.73 bits per heavy atom. The highest BCUT2D eigenvalue weighted by Gasteiger charge is 2.65. The van der Waals surface area contributed by atoms with Gasteiger partial charge in [0.1, 0.15) is 48.0 Å². The third kappa shape index (κ3) is 4.87. The molecule has 4 aliphatic rings. The van der Waals surface area contributed by atoms with Gasteiger partial charge in [0.15, 0.2) is 29.4 Å². The van der Waals surface area contributed by atoms with Crippen LogP contribution in [0.15, 0.2) is 30.0 Å². The van der Waals surface area contributed by atoms with E-state index in [-0.39, 0.29) is 23.5 Å². The van der Waals surface area contributed by atoms with Gasteiger partial charge >= 0.3 is 13.5 Å². The van der Waals surface area contributed by atoms with Crippen molar-refractivity contribution in [3.05, 3.63) is 35.5 Å². The van der Waals surface area contributed by atoms with E-state index in [1.54, 1.807) is 4.57 Å². The zero-order valence-electron chi connectivity index (χ0n) is 22.5. The SMILES string of the molecule is Nc1ncnc2c1ncn2[C@@H]1O[C@]23CO[C@@H]1[C@@H]2OP(O)(=S)OC[C@H]1O[C@@H](n2cnc4c(=O)[nH]ncc42)[C@H](OP(=O)(S)OC3)[C@@H]1O. The van der Waals surface area contributed by atoms with Crippen LogP contribution in [0.4, 0.5) is 5.82 Å². The first-order chi connectivity index (χ1) is 21.5. The molecular formula is C21H23N9O11P2S2. The summed E-state index contributed by atoms with van der Waals surface area (Å²) in [5.41, 5.74) is 4.83. The average molecular weight is 704 g/mol. The number of anilines is 1. The van der Waals surface area contributed by atoms with Gasteiger partial charge in [-0.1, -0.05) is 12.2 Å². The van der Waals surface area contributed by atoms with Crippen molar-refractivity contribution < 1.29 is 46.9 Å². The number of aliphatic hydroxyl groups excluding tert-OH is 1. The highest BCUT2D eigenvalue weighted by molar-refractivity contribution is 8.44. The predicted molar refractivity (Wildman–Crippen MR) is 155 cm³/mol. The van der Waals surface area contributed by atoms with Crippen molar-refractivity contribution in [1.82, 2.24) is 39.3 Å². The predicted octanol–water partition coefficient (Wildman–Crippen LogP) is -0.462. The molecule has 0 spiro atoms. The molecule has 8 heterocycles. The summed E-state index contributed by atoms with van der Waals surface area (Å²) in [5, 5.41) is 17.3. The van der Waals surface area contributed by atoms with Crippen LogP contribution in [0.2, 0.25) is 0 Å². The lowest BCUT2D eigenvalue weighted by molar-refractivity contribution is -0.183. The van der Waals surface area contributed by atoms with Crippen LogP contribution < -0.4 is 11.3 Å². The Balaban J connectivity index is 1.14. The van der Waals surface area contributed by atoms with Crippen LogP contribution in [-0.2, 0) is 48.7 Å². The first-order valence-corrected chi connectivity index (χ1v) is 18.5. The van der Waals surface area contributed by atoms with Crippen LogP contribution in [0, 0.1) is 0 Å². The molecule has 0 aromatic carbocycles. The Bertz CT molecular complexity index is 1980. The molecule has 240 valence electrons. The van der Waals surface area contributed by atoms with E-state index in [9.17, 15) is 19.4 Å². The number of thiol groups is 1. The summed E-state index contributed by atoms with van der Waals surface area (Å²) < 4.78 is 58.2. The second kappa shape index (κ2) is 10.5. The molecule has 0 amide bonds. The summed E-state index contributed by atoms with van der Waals surface area (Å²) in [6.45, 7) is -9.46. The molecule has 4 saturated heterocycles. The van der Waals surface area contributed by atoms with Crippen LogP contribution in [0.25, 0.3) is 22.2 Å². The topological polar surface area (TPSA) is 255 Å². The number of nitrogen functional groups attached to an aromatic ring is 1. The van der Waals surface area contributed by atoms with Crippen LogP contribution in [0.3, 0.4) is 0 Å². The van der Waals surface area contributed by atoms with E-state index < -0.39 is 80.9 Å². The highest BCUT2D eigenvalue weighted by atomic mass is 32.7. The van der Waals surface area contributed by atoms with Crippen molar-refractivity contribution in [3.8, 4) is 0 Å². The second-order valence-corrected chi connectivity index (χ2v) is 16.3. The Labute approximate surface area is 261 Å². The molecule has 2 unspecified atom stereocenters. The monoisotopic (exact) mass is 703 g/mol. The van der Waals surface area contributed by atoms with Gasteiger partial charge in [0.2, 0.25) is 0 Å². The zero-order chi connectivity index (χ0) is 31.3. The fourth-order valence-corrected chi connectivity index (χ4v) is 8.86. The summed E-state index contributed by atoms with van der Waals surface area (Å²) in [5.74, 6) is 0.152. The van der Waals surface area contributed by atoms with Gasteiger partial charge in [0.25, 0.3) is 5.56 Å². The second-order valence-electron chi connectivity index (χ2n) is 10.7. The van der Waals surface area contributed by atoms with Gasteiger partial charge in [-0.15, -0.1) is 0 Å². The smallest absolute Gasteiger partial charge is 0.386 e. The Morgan fingerprint density at radius 2 is 1.89 bits per heavy atom. The fraction of sp³-hybridized carbons (Fsp3) is 0.524. The highest BCUT2D eigenvalue weighted by Crippen LogP contribution is 2.61. The van der Waals surface area contributed by atoms with Gasteiger partial charge in [0, 0.05) is 0 Å². The number of nitrogens with one attached hydrogen (secondary N) is 1. The van der Waals surface area contributed by atoms with Gasteiger partial charge in [-0.3, -0.25) is 27.5 Å². The number of hydrogen-bond donors (Lipinski definition) is 5. The molecule has 0 radical (unpaired) electrons. The molecule has 4 bridgehead atoms. The van der Waals surface area contributed by atoms with E-state index in [1.165, 1.54) is 29.7 Å². The van der Waals surface area contributed by atoms with E-state index in [4.69, 9.17) is 49.8 Å². The number of nitrogens with two attached hydrogens (primary N) is 1. The molecule has 5 N–H and O–H groups in total. The van der Waals surface area contributed by atoms with Crippen molar-refractivity contribution >= 4 is 65.6 Å². The number of aromatic amines is 1. The lowest BCUT2D eigenvalue weighted by Crippen LogP contribution is -2.45. The maximum Gasteiger partial charge on any atom is 0.386 e. The minimum atomic E-state index is -4.32. The minimum Gasteiger partial charge on any atom is -0.387 e. The molecule has 8 rings (SSSR count). The van der Waals surface area contributed by atoms with E-state index >= 15 is 0 Å². The largest absolute Gasteiger partial charge is 0.387 e. The number of imidazole rings is 2. The van der Waals surface area contributed by atoms with Crippen molar-refractivity contribution in [2.45, 2.75) is 48.6 Å². The summed E-state index contributed by atoms with van der Waals surface area (Å²) >= 11 is 9.52. The van der Waals surface area contributed by atoms with E-state index in [0.717, 1.165) is 0 Å². The lowest BCUT2D eigenvalue weighted by Gasteiger charge is -2.33. The number of rotatable bonds is 2. The molecule has 10 atom stereocenters. The van der Waals surface area contributed by atoms with Crippen LogP contribution in [0.5, 0.6) is 0 Å². The molecule has 45 heavy (non-hydrogen) atoms. The number of nitrogens with zero attached hydrogens (tertiary/aromatic N) is 7. The molecule has 0 saturated carbocycles. The molecule has 4 aliphatic heterocycles. The zero-order valence-corrected chi connectivity index (χ0v) is 26.0. The Kier molecular flexibility index (Phi) is 7.01. The fourth-order valence-electron chi connectivity index (χ4n) is 5.92. The average Bonchev–Trinajstić information content (AvgIpc) is 3.80. The van der Waals surface area contributed by atoms with E-state index in [0.29, 0.717) is 11.2 Å². The van der Waals surface area contributed by atoms with Gasteiger partial charge in [-0.25, -0.2) is 29.6 Å². The van der Waals surface area contributed by atoms with Crippen LogP contribution in [0.1, 0.15) is 12.5 Å². The third-order valence-electron chi connectivity index (χ3n) is 8.00. The van der Waals surface area contributed by atoms with E-state index in [2.05, 4.69) is 42.4 Å². The molecule has 20 nitrogen and oxygen atoms in total. The van der Waals surface area contributed by atoms with Gasteiger partial charge in [-0.05, 0) is 11.8 Å². The number of fused-ring (bicyclic) bond motifs is 4. The number of aromatic nitrogens is 8. The quantitative estimate of drug-likeness (QED) is 0.131. The number of aliphatic hydroxyl groups is 1. The maximum absolute atomic E-state index is 13.7. The van der Waals surface area contributed by atoms with Crippen molar-refractivity contribution in [2.75, 3.05) is 25.6 Å². The number of ether oxygens (including phenoxy) is 3. The third-order valence-corrected chi connectivity index (χ3v) is 11.1. The van der Waals surface area contributed by atoms with E-state index in [1.807, 2.05) is 0 Å². The molecule has 4 aromatic rings. The molecule has 4 aromatic heterocycles.